The van der Waals surface area contributed by atoms with Crippen molar-refractivity contribution in [2.75, 3.05) is 28.2 Å². The smallest absolute Gasteiger partial charge is 0.314 e. The summed E-state index contributed by atoms with van der Waals surface area (Å²) in [5, 5.41) is 28.8. The molecule has 160 valence electrons. The van der Waals surface area contributed by atoms with E-state index < -0.39 is 18.4 Å². The van der Waals surface area contributed by atoms with Crippen LogP contribution in [0.2, 0.25) is 0 Å². The van der Waals surface area contributed by atoms with Gasteiger partial charge in [-0.2, -0.15) is 9.98 Å². The molecule has 0 atom stereocenters. The lowest BCUT2D eigenvalue weighted by molar-refractivity contribution is -0.147. The van der Waals surface area contributed by atoms with Crippen molar-refractivity contribution in [2.24, 2.45) is 32.9 Å². The predicted molar refractivity (Wildman–Crippen MR) is 108 cm³/mol. The molecule has 0 rings (SSSR count). The molecule has 0 unspecified atom stereocenters. The second-order valence-electron chi connectivity index (χ2n) is 4.46. The third kappa shape index (κ3) is 34.9. The SMILES string of the molecule is C.CN(C)C(N)=NC(=N)N.CN(C)C(N)=NC(=N)N.Cl.O=C(O)CC(=O)O. The molecule has 0 aromatic rings. The van der Waals surface area contributed by atoms with Crippen molar-refractivity contribution in [1.29, 1.82) is 10.8 Å². The summed E-state index contributed by atoms with van der Waals surface area (Å²) in [5.74, 6) is -2.70. The molecule has 0 saturated heterocycles. The van der Waals surface area contributed by atoms with Gasteiger partial charge >= 0.3 is 11.9 Å². The van der Waals surface area contributed by atoms with Crippen molar-refractivity contribution in [1.82, 2.24) is 9.80 Å². The van der Waals surface area contributed by atoms with E-state index in [4.69, 9.17) is 44.0 Å². The number of carbonyl (C=O) groups is 2. The van der Waals surface area contributed by atoms with Gasteiger partial charge in [0.05, 0.1) is 0 Å². The summed E-state index contributed by atoms with van der Waals surface area (Å²) in [7, 11) is 6.90. The van der Waals surface area contributed by atoms with E-state index in [0.717, 1.165) is 0 Å². The molecule has 0 heterocycles. The maximum atomic E-state index is 9.43. The van der Waals surface area contributed by atoms with Crippen LogP contribution >= 0.6 is 12.4 Å². The molecule has 14 nitrogen and oxygen atoms in total. The summed E-state index contributed by atoms with van der Waals surface area (Å²) in [6, 6.07) is 0. The highest BCUT2D eigenvalue weighted by molar-refractivity contribution is 5.92. The maximum absolute atomic E-state index is 9.43. The molecule has 0 amide bonds. The number of aliphatic imine (C=N–C) groups is 2. The van der Waals surface area contributed by atoms with Gasteiger partial charge in [-0.1, -0.05) is 7.43 Å². The molecule has 15 heteroatoms. The normalized spacial score (nSPS) is 9.48. The Kier molecular flexibility index (Phi) is 24.6. The van der Waals surface area contributed by atoms with Gasteiger partial charge in [-0.25, -0.2) is 0 Å². The quantitative estimate of drug-likeness (QED) is 0.141. The van der Waals surface area contributed by atoms with Crippen LogP contribution in [0.3, 0.4) is 0 Å². The van der Waals surface area contributed by atoms with Crippen LogP contribution in [0.1, 0.15) is 13.8 Å². The first kappa shape index (κ1) is 34.9. The fourth-order valence-electron chi connectivity index (χ4n) is 0.576. The zero-order chi connectivity index (χ0) is 20.7. The molecular formula is C12H31ClN10O4. The van der Waals surface area contributed by atoms with E-state index in [0.29, 0.717) is 0 Å². The van der Waals surface area contributed by atoms with Crippen LogP contribution < -0.4 is 22.9 Å². The zero-order valence-electron chi connectivity index (χ0n) is 14.9. The molecule has 0 spiro atoms. The lowest BCUT2D eigenvalue weighted by atomic mass is 10.5. The molecule has 0 aromatic heterocycles. The first-order valence-electron chi connectivity index (χ1n) is 6.35. The Bertz CT molecular complexity index is 488. The topological polar surface area (TPSA) is 258 Å². The number of halogens is 1. The number of hydrogen-bond acceptors (Lipinski definition) is 4. The van der Waals surface area contributed by atoms with E-state index in [1.54, 1.807) is 38.0 Å². The minimum atomic E-state index is -1.31. The van der Waals surface area contributed by atoms with Crippen molar-refractivity contribution < 1.29 is 19.8 Å². The summed E-state index contributed by atoms with van der Waals surface area (Å²) in [5.41, 5.74) is 20.4. The van der Waals surface area contributed by atoms with E-state index in [9.17, 15) is 9.59 Å². The van der Waals surface area contributed by atoms with Gasteiger partial charge in [-0.15, -0.1) is 12.4 Å². The number of rotatable bonds is 2. The Labute approximate surface area is 164 Å². The second-order valence-corrected chi connectivity index (χ2v) is 4.46. The third-order valence-corrected chi connectivity index (χ3v) is 1.69. The molecule has 0 aliphatic heterocycles. The molecule has 0 aromatic carbocycles. The Morgan fingerprint density at radius 2 is 1.04 bits per heavy atom. The Morgan fingerprint density at radius 3 is 1.07 bits per heavy atom. The van der Waals surface area contributed by atoms with Gasteiger partial charge < -0.3 is 42.9 Å². The van der Waals surface area contributed by atoms with E-state index in [1.165, 1.54) is 0 Å². The van der Waals surface area contributed by atoms with Crippen LogP contribution in [0.4, 0.5) is 0 Å². The van der Waals surface area contributed by atoms with E-state index in [-0.39, 0.29) is 43.7 Å². The molecule has 0 saturated carbocycles. The van der Waals surface area contributed by atoms with E-state index >= 15 is 0 Å². The summed E-state index contributed by atoms with van der Waals surface area (Å²) in [4.78, 5) is 28.9. The predicted octanol–water partition coefficient (Wildman–Crippen LogP) is -1.88. The molecular weight excluding hydrogens is 384 g/mol. The Morgan fingerprint density at radius 1 is 0.815 bits per heavy atom. The van der Waals surface area contributed by atoms with Gasteiger partial charge in [0.25, 0.3) is 0 Å². The number of carboxylic acids is 2. The van der Waals surface area contributed by atoms with Crippen LogP contribution in [0.15, 0.2) is 9.98 Å². The fraction of sp³-hybridized carbons (Fsp3) is 0.500. The van der Waals surface area contributed by atoms with Gasteiger partial charge in [0.1, 0.15) is 6.42 Å². The lowest BCUT2D eigenvalue weighted by Crippen LogP contribution is -2.32. The Balaban J connectivity index is -0.0000000872. The van der Waals surface area contributed by atoms with Crippen LogP contribution in [-0.2, 0) is 9.59 Å². The van der Waals surface area contributed by atoms with Gasteiger partial charge in [0.2, 0.25) is 11.9 Å². The Hall–Kier alpha value is -3.29. The largest absolute Gasteiger partial charge is 0.481 e. The molecule has 0 fully saturated rings. The fourth-order valence-corrected chi connectivity index (χ4v) is 0.576. The van der Waals surface area contributed by atoms with Crippen molar-refractivity contribution in [2.45, 2.75) is 13.8 Å². The summed E-state index contributed by atoms with van der Waals surface area (Å²) < 4.78 is 0. The first-order valence-corrected chi connectivity index (χ1v) is 6.35. The minimum Gasteiger partial charge on any atom is -0.481 e. The van der Waals surface area contributed by atoms with Gasteiger partial charge in [-0.3, -0.25) is 20.4 Å². The number of carboxylic acid groups (broad SMARTS) is 2. The van der Waals surface area contributed by atoms with Gasteiger partial charge in [0, 0.05) is 28.2 Å². The molecule has 0 bridgehead atoms. The number of guanidine groups is 4. The molecule has 0 aliphatic carbocycles. The van der Waals surface area contributed by atoms with Crippen LogP contribution in [0.25, 0.3) is 0 Å². The molecule has 12 N–H and O–H groups in total. The van der Waals surface area contributed by atoms with E-state index in [1.807, 2.05) is 0 Å². The molecule has 27 heavy (non-hydrogen) atoms. The number of nitrogens with two attached hydrogens (primary N) is 4. The summed E-state index contributed by atoms with van der Waals surface area (Å²) in [6.45, 7) is 0. The van der Waals surface area contributed by atoms with Crippen LogP contribution in [0, 0.1) is 10.8 Å². The highest BCUT2D eigenvalue weighted by Crippen LogP contribution is 1.75. The van der Waals surface area contributed by atoms with Crippen LogP contribution in [0.5, 0.6) is 0 Å². The molecule has 0 radical (unpaired) electrons. The van der Waals surface area contributed by atoms with Gasteiger partial charge in [0.15, 0.2) is 11.9 Å². The summed E-state index contributed by atoms with van der Waals surface area (Å²) in [6.07, 6.45) is -0.806. The van der Waals surface area contributed by atoms with Gasteiger partial charge in [-0.05, 0) is 0 Å². The highest BCUT2D eigenvalue weighted by Gasteiger charge is 2.01. The van der Waals surface area contributed by atoms with Crippen LogP contribution in [-0.4, -0.2) is 84.0 Å². The first-order chi connectivity index (χ1) is 11.2. The monoisotopic (exact) mass is 414 g/mol. The van der Waals surface area contributed by atoms with E-state index in [2.05, 4.69) is 9.98 Å². The number of nitrogens with zero attached hydrogens (tertiary/aromatic N) is 4. The average molecular weight is 415 g/mol. The minimum absolute atomic E-state index is 0. The number of nitrogens with one attached hydrogen (secondary N) is 2. The zero-order valence-corrected chi connectivity index (χ0v) is 15.7. The van der Waals surface area contributed by atoms with Crippen molar-refractivity contribution in [3.8, 4) is 0 Å². The highest BCUT2D eigenvalue weighted by atomic mass is 35.5. The van der Waals surface area contributed by atoms with Crippen molar-refractivity contribution in [3.05, 3.63) is 0 Å². The second kappa shape index (κ2) is 19.0. The third-order valence-electron chi connectivity index (χ3n) is 1.69. The number of aliphatic carboxylic acids is 2. The summed E-state index contributed by atoms with van der Waals surface area (Å²) >= 11 is 0. The van der Waals surface area contributed by atoms with Crippen molar-refractivity contribution >= 4 is 48.2 Å². The van der Waals surface area contributed by atoms with Crippen molar-refractivity contribution in [3.63, 3.8) is 0 Å². The maximum Gasteiger partial charge on any atom is 0.314 e. The average Bonchev–Trinajstić information content (AvgIpc) is 2.36. The number of hydrogen-bond donors (Lipinski definition) is 8. The molecule has 0 aliphatic rings. The standard InChI is InChI=1S/2C4H11N5.C3H4O4.CH4.ClH/c2*1-9(2)4(7)8-3(5)6;4-2(5)1-3(6)7;;/h2*1-2H3,(H5,5,6,7,8);1H2,(H,4,5)(H,6,7);1H4;1H. The lowest BCUT2D eigenvalue weighted by Gasteiger charge is -2.08.